The average molecular weight is 880 g/mol. The normalized spacial score (nSPS) is 8.00. The van der Waals surface area contributed by atoms with Gasteiger partial charge in [0.2, 0.25) is 0 Å². The Hall–Kier alpha value is -0.414. The second-order valence-electron chi connectivity index (χ2n) is 2.72. The summed E-state index contributed by atoms with van der Waals surface area (Å²) in [6.45, 7) is 0. The van der Waals surface area contributed by atoms with Gasteiger partial charge in [-0.3, -0.25) is 29.9 Å². The molecule has 0 bridgehead atoms. The molecular weight excluding hydrogens is 874 g/mol. The zero-order chi connectivity index (χ0) is 13.7. The van der Waals surface area contributed by atoms with Crippen LogP contribution in [0.1, 0.15) is 0 Å². The van der Waals surface area contributed by atoms with E-state index in [1.54, 1.807) is 29.9 Å². The van der Waals surface area contributed by atoms with Crippen molar-refractivity contribution in [2.75, 3.05) is 0 Å². The zero-order valence-corrected chi connectivity index (χ0v) is 21.6. The van der Waals surface area contributed by atoms with Gasteiger partial charge in [0.15, 0.2) is 0 Å². The topological polar surface area (TPSA) is 197 Å². The third kappa shape index (κ3) is 10.9. The number of H-pyrrole nitrogens is 6. The van der Waals surface area contributed by atoms with Crippen molar-refractivity contribution in [1.29, 1.82) is 0 Å². The molecule has 0 aliphatic carbocycles. The second kappa shape index (κ2) is 12.2. The summed E-state index contributed by atoms with van der Waals surface area (Å²) in [5.74, 6) is 0. The van der Waals surface area contributed by atoms with Gasteiger partial charge in [-0.1, -0.05) is 0 Å². The van der Waals surface area contributed by atoms with Crippen LogP contribution < -0.4 is 34.1 Å². The summed E-state index contributed by atoms with van der Waals surface area (Å²) < 4.78 is 0. The molecule has 0 spiro atoms. The Bertz CT molecular complexity index is 640. The minimum atomic E-state index is -0.802. The standard InChI is InChI=1S/2C3H3N3O3.3Pb/c2*7-1-4-2(8)6-3(9)5-1;;;/h2*(H3,4,5,6,7,8,9);;;. The van der Waals surface area contributed by atoms with E-state index >= 15 is 0 Å². The number of rotatable bonds is 0. The van der Waals surface area contributed by atoms with Crippen LogP contribution in [0.5, 0.6) is 0 Å². The summed E-state index contributed by atoms with van der Waals surface area (Å²) in [6, 6.07) is 0. The number of aromatic amines is 6. The Balaban J connectivity index is -0.000000270. The van der Waals surface area contributed by atoms with Crippen molar-refractivity contribution in [1.82, 2.24) is 29.9 Å². The van der Waals surface area contributed by atoms with Crippen molar-refractivity contribution in [2.45, 2.75) is 0 Å². The molecular formula is C6H6N6O6Pb3. The maximum Gasteiger partial charge on any atom is 0.330 e. The minimum absolute atomic E-state index is 0. The van der Waals surface area contributed by atoms with Crippen molar-refractivity contribution in [3.63, 3.8) is 0 Å². The van der Waals surface area contributed by atoms with Gasteiger partial charge in [-0.25, -0.2) is 28.8 Å². The molecule has 0 aliphatic heterocycles. The van der Waals surface area contributed by atoms with E-state index in [-0.39, 0.29) is 81.9 Å². The van der Waals surface area contributed by atoms with Gasteiger partial charge in [-0.2, -0.15) is 0 Å². The van der Waals surface area contributed by atoms with Crippen LogP contribution in [0.15, 0.2) is 28.8 Å². The largest absolute Gasteiger partial charge is 0.330 e. The van der Waals surface area contributed by atoms with Crippen LogP contribution in [0.25, 0.3) is 0 Å². The van der Waals surface area contributed by atoms with Crippen LogP contribution in [0.2, 0.25) is 0 Å². The fourth-order valence-electron chi connectivity index (χ4n) is 0.806. The summed E-state index contributed by atoms with van der Waals surface area (Å²) >= 11 is 0. The molecule has 0 unspecified atom stereocenters. The molecule has 2 aromatic heterocycles. The van der Waals surface area contributed by atoms with E-state index in [4.69, 9.17) is 0 Å². The molecule has 0 atom stereocenters. The Morgan fingerprint density at radius 3 is 0.524 bits per heavy atom. The van der Waals surface area contributed by atoms with Crippen LogP contribution in [0.3, 0.4) is 0 Å². The molecule has 108 valence electrons. The van der Waals surface area contributed by atoms with Crippen LogP contribution >= 0.6 is 0 Å². The van der Waals surface area contributed by atoms with E-state index in [0.717, 1.165) is 0 Å². The van der Waals surface area contributed by atoms with Crippen molar-refractivity contribution in [3.8, 4) is 0 Å². The first-order chi connectivity index (χ1) is 8.36. The predicted octanol–water partition coefficient (Wildman–Crippen LogP) is -5.64. The third-order valence-corrected chi connectivity index (χ3v) is 1.36. The molecule has 0 aromatic carbocycles. The fraction of sp³-hybridized carbons (Fsp3) is 0. The average Bonchev–Trinajstić information content (AvgIpc) is 2.12. The van der Waals surface area contributed by atoms with E-state index < -0.39 is 34.1 Å². The molecule has 2 aromatic rings. The number of nitrogens with one attached hydrogen (secondary N) is 6. The van der Waals surface area contributed by atoms with Crippen LogP contribution in [0, 0.1) is 0 Å². The van der Waals surface area contributed by atoms with Crippen LogP contribution in [-0.2, 0) is 0 Å². The summed E-state index contributed by atoms with van der Waals surface area (Å²) in [4.78, 5) is 71.8. The molecule has 6 N–H and O–H groups in total. The molecule has 2 rings (SSSR count). The Morgan fingerprint density at radius 2 is 0.429 bits per heavy atom. The maximum absolute atomic E-state index is 10.2. The van der Waals surface area contributed by atoms with E-state index in [0.29, 0.717) is 0 Å². The van der Waals surface area contributed by atoms with E-state index in [1.165, 1.54) is 0 Å². The van der Waals surface area contributed by atoms with Crippen molar-refractivity contribution in [2.24, 2.45) is 0 Å². The molecule has 2 heterocycles. The molecule has 0 amide bonds. The predicted molar refractivity (Wildman–Crippen MR) is 73.9 cm³/mol. The maximum atomic E-state index is 10.2. The van der Waals surface area contributed by atoms with Crippen LogP contribution in [0.4, 0.5) is 0 Å². The fourth-order valence-corrected chi connectivity index (χ4v) is 0.806. The number of hydrogen-bond acceptors (Lipinski definition) is 6. The van der Waals surface area contributed by atoms with Crippen molar-refractivity contribution < 1.29 is 0 Å². The number of hydrogen-bond donors (Lipinski definition) is 6. The third-order valence-electron chi connectivity index (χ3n) is 1.36. The molecule has 0 aliphatic rings. The van der Waals surface area contributed by atoms with Gasteiger partial charge in [0.05, 0.1) is 0 Å². The van der Waals surface area contributed by atoms with Gasteiger partial charge in [-0.05, 0) is 0 Å². The molecule has 0 saturated heterocycles. The van der Waals surface area contributed by atoms with Gasteiger partial charge < -0.3 is 0 Å². The molecule has 15 heteroatoms. The van der Waals surface area contributed by atoms with E-state index in [2.05, 4.69) is 0 Å². The van der Waals surface area contributed by atoms with Gasteiger partial charge in [0.1, 0.15) is 0 Å². The van der Waals surface area contributed by atoms with Crippen LogP contribution in [-0.4, -0.2) is 112 Å². The van der Waals surface area contributed by atoms with Crippen molar-refractivity contribution >= 4 is 81.9 Å². The number of aromatic nitrogens is 6. The SMILES string of the molecule is O=c1[nH]c(=O)[nH]c(=O)[nH]1.O=c1[nH]c(=O)[nH]c(=O)[nH]1.[Pb].[Pb].[Pb]. The summed E-state index contributed by atoms with van der Waals surface area (Å²) in [7, 11) is 0. The zero-order valence-electron chi connectivity index (χ0n) is 9.95. The monoisotopic (exact) mass is 882 g/mol. The first-order valence-corrected chi connectivity index (χ1v) is 4.22. The Morgan fingerprint density at radius 1 is 0.333 bits per heavy atom. The van der Waals surface area contributed by atoms with Gasteiger partial charge >= 0.3 is 34.1 Å². The summed E-state index contributed by atoms with van der Waals surface area (Å²) in [5, 5.41) is 0. The van der Waals surface area contributed by atoms with Gasteiger partial charge in [0, 0.05) is 81.9 Å². The molecule has 0 saturated carbocycles. The quantitative estimate of drug-likeness (QED) is 0.143. The first-order valence-electron chi connectivity index (χ1n) is 4.22. The van der Waals surface area contributed by atoms with Crippen molar-refractivity contribution in [3.05, 3.63) is 62.9 Å². The van der Waals surface area contributed by atoms with E-state index in [9.17, 15) is 28.8 Å². The summed E-state index contributed by atoms with van der Waals surface area (Å²) in [5.41, 5.74) is -4.81. The first kappa shape index (κ1) is 25.5. The smallest absolute Gasteiger partial charge is 0.259 e. The summed E-state index contributed by atoms with van der Waals surface area (Å²) in [6.07, 6.45) is 0. The Labute approximate surface area is 173 Å². The minimum Gasteiger partial charge on any atom is -0.259 e. The molecule has 12 radical (unpaired) electrons. The van der Waals surface area contributed by atoms with Gasteiger partial charge in [0.25, 0.3) is 0 Å². The van der Waals surface area contributed by atoms with E-state index in [1.807, 2.05) is 0 Å². The Kier molecular flexibility index (Phi) is 14.8. The second-order valence-corrected chi connectivity index (χ2v) is 2.72. The molecule has 0 fully saturated rings. The molecule has 21 heavy (non-hydrogen) atoms. The molecule has 12 nitrogen and oxygen atoms in total. The van der Waals surface area contributed by atoms with Gasteiger partial charge in [-0.15, -0.1) is 0 Å².